The summed E-state index contributed by atoms with van der Waals surface area (Å²) in [5.74, 6) is 3.07. The summed E-state index contributed by atoms with van der Waals surface area (Å²) in [5, 5.41) is 24.1. The van der Waals surface area contributed by atoms with E-state index in [9.17, 15) is 24.6 Å². The molecule has 0 bridgehead atoms. The zero-order valence-electron chi connectivity index (χ0n) is 44.0. The van der Waals surface area contributed by atoms with E-state index in [0.29, 0.717) is 53.8 Å². The Morgan fingerprint density at radius 2 is 0.987 bits per heavy atom. The monoisotopic (exact) mass is 1090 g/mol. The molecule has 0 amide bonds. The molecule has 2 N–H and O–H groups in total. The van der Waals surface area contributed by atoms with E-state index in [0.717, 1.165) is 79.8 Å². The van der Waals surface area contributed by atoms with E-state index < -0.39 is 6.10 Å². The van der Waals surface area contributed by atoms with Crippen molar-refractivity contribution in [3.05, 3.63) is 157 Å². The van der Waals surface area contributed by atoms with Crippen molar-refractivity contribution in [3.8, 4) is 17.2 Å². The van der Waals surface area contributed by atoms with Crippen molar-refractivity contribution < 1.29 is 29.2 Å². The molecule has 5 heterocycles. The van der Waals surface area contributed by atoms with Crippen LogP contribution in [0.3, 0.4) is 0 Å². The molecule has 2 aliphatic heterocycles. The van der Waals surface area contributed by atoms with Gasteiger partial charge in [-0.3, -0.25) is 14.4 Å². The summed E-state index contributed by atoms with van der Waals surface area (Å²) in [4.78, 5) is 38.4. The number of fused-ring (bicyclic) bond motifs is 6. The Hall–Kier alpha value is -5.18. The summed E-state index contributed by atoms with van der Waals surface area (Å²) >= 11 is 10.2. The molecule has 6 radical (unpaired) electrons. The van der Waals surface area contributed by atoms with Crippen molar-refractivity contribution in [2.45, 2.75) is 97.2 Å². The molecule has 3 atom stereocenters. The summed E-state index contributed by atoms with van der Waals surface area (Å²) in [6.45, 7) is 16.8. The molecule has 3 aromatic heterocycles. The Morgan fingerprint density at radius 3 is 1.36 bits per heavy atom. The number of aliphatic hydroxyl groups is 1. The van der Waals surface area contributed by atoms with Crippen LogP contribution in [0, 0.1) is 0 Å². The molecule has 3 unspecified atom stereocenters. The fraction of sp³-hybridized carbons (Fsp3) is 0.339. The number of ether oxygens (including phenoxy) is 4. The number of halogens is 1. The Balaban J connectivity index is 0.000000155. The fourth-order valence-corrected chi connectivity index (χ4v) is 12.4. The second-order valence-corrected chi connectivity index (χ2v) is 22.9. The van der Waals surface area contributed by atoms with Crippen LogP contribution in [0.5, 0.6) is 17.2 Å². The van der Waals surface area contributed by atoms with Crippen LogP contribution in [0.15, 0.2) is 124 Å². The van der Waals surface area contributed by atoms with Gasteiger partial charge in [0.15, 0.2) is 16.3 Å². The van der Waals surface area contributed by atoms with Crippen LogP contribution < -0.4 is 25.8 Å². The van der Waals surface area contributed by atoms with Crippen LogP contribution in [0.4, 0.5) is 0 Å². The quantitative estimate of drug-likeness (QED) is 0.0501. The molecule has 11 rings (SSSR count). The number of phenolic OH excluding ortho intramolecular Hbond substituents is 1. The number of rotatable bonds is 13. The third-order valence-electron chi connectivity index (χ3n) is 12.4. The van der Waals surface area contributed by atoms with Gasteiger partial charge in [0.2, 0.25) is 0 Å². The first kappa shape index (κ1) is 58.5. The lowest BCUT2D eigenvalue weighted by molar-refractivity contribution is 0.104. The van der Waals surface area contributed by atoms with Crippen LogP contribution in [0.25, 0.3) is 60.5 Å². The first-order valence-electron chi connectivity index (χ1n) is 25.5. The first-order valence-corrected chi connectivity index (χ1v) is 28.5. The average Bonchev–Trinajstić information content (AvgIpc) is 4.38. The summed E-state index contributed by atoms with van der Waals surface area (Å²) in [7, 11) is 13.1. The maximum Gasteiger partial charge on any atom is 0.196 e. The maximum absolute atomic E-state index is 13.0. The standard InChI is InChI=1S/C20H21B2O3S.C19H18O3S.C16H14O2S.C3H5ClO.CH3B2/c1-12(2)16-9-14(25-11-13(23)7-8-22-21)10-17-19(24)15-5-3-4-6-18(15)26-20(16)17;1-11(2)15-7-12(21-9-13-10-22-13)8-16-18(20)14-5-3-4-6-17(14)23-19(15)16;1-9(2)12-7-10(17)8-13-15(18)11-5-3-4-6-14(11)19-16(12)13;4-1-3-2-5-3;1-3-2/h3-6,9-10,12-13,23H,7-8,11H2,1-2H3;3-8,11,13H,9-10H2,1-2H3;3-9,17H,1-2H3;3H,1-2H2;1H3. The van der Waals surface area contributed by atoms with Gasteiger partial charge in [0.1, 0.15) is 36.6 Å². The van der Waals surface area contributed by atoms with Gasteiger partial charge in [-0.1, -0.05) is 84.3 Å². The van der Waals surface area contributed by atoms with Gasteiger partial charge in [0.05, 0.1) is 45.6 Å². The third kappa shape index (κ3) is 14.9. The number of alkyl halides is 1. The summed E-state index contributed by atoms with van der Waals surface area (Å²) < 4.78 is 27.6. The Morgan fingerprint density at radius 1 is 0.605 bits per heavy atom. The third-order valence-corrected chi connectivity index (χ3v) is 16.5. The number of aliphatic hydroxyl groups excluding tert-OH is 1. The van der Waals surface area contributed by atoms with E-state index in [-0.39, 0.29) is 46.6 Å². The van der Waals surface area contributed by atoms with Gasteiger partial charge in [-0.05, 0) is 114 Å². The molecule has 17 heteroatoms. The van der Waals surface area contributed by atoms with Crippen molar-refractivity contribution in [3.63, 3.8) is 0 Å². The van der Waals surface area contributed by atoms with Crippen LogP contribution in [-0.4, -0.2) is 90.6 Å². The summed E-state index contributed by atoms with van der Waals surface area (Å²) in [6.07, 6.45) is 1.22. The number of hydrogen-bond donors (Lipinski definition) is 2. The molecule has 0 saturated carbocycles. The van der Waals surface area contributed by atoms with Crippen molar-refractivity contribution in [1.29, 1.82) is 0 Å². The van der Waals surface area contributed by atoms with Crippen molar-refractivity contribution in [1.82, 2.24) is 0 Å². The highest BCUT2D eigenvalue weighted by atomic mass is 35.5. The summed E-state index contributed by atoms with van der Waals surface area (Å²) in [5.41, 5.74) is 3.41. The zero-order chi connectivity index (χ0) is 54.6. The Bertz CT molecular complexity index is 3620. The highest BCUT2D eigenvalue weighted by Gasteiger charge is 2.24. The highest BCUT2D eigenvalue weighted by molar-refractivity contribution is 7.25. The van der Waals surface area contributed by atoms with E-state index in [1.165, 1.54) is 19.9 Å². The predicted octanol–water partition coefficient (Wildman–Crippen LogP) is 12.9. The Labute approximate surface area is 465 Å². The van der Waals surface area contributed by atoms with Crippen molar-refractivity contribution in [2.75, 3.05) is 32.3 Å². The summed E-state index contributed by atoms with van der Waals surface area (Å²) in [6, 6.07) is 34.2. The molecule has 76 heavy (non-hydrogen) atoms. The van der Waals surface area contributed by atoms with E-state index >= 15 is 0 Å². The van der Waals surface area contributed by atoms with Crippen LogP contribution in [0.1, 0.15) is 82.4 Å². The SMILES string of the molecule is CC(C)c1cc(O)cc2c(=O)c3ccccc3sc12.CC(C)c1cc(OCC2CO2)cc2c(=O)c3ccccc3sc12.ClCC1CO1.[B][B]C.[B][B]CCC(O)COc1cc(C(C)C)c2sc3ccccc3c(=O)c2c1. The van der Waals surface area contributed by atoms with Crippen LogP contribution in [-0.2, 0) is 9.47 Å². The largest absolute Gasteiger partial charge is 0.508 e. The molecule has 2 saturated heterocycles. The van der Waals surface area contributed by atoms with Gasteiger partial charge in [-0.2, -0.15) is 0 Å². The van der Waals surface area contributed by atoms with Gasteiger partial charge in [0, 0.05) is 76.0 Å². The molecule has 388 valence electrons. The molecule has 0 spiro atoms. The van der Waals surface area contributed by atoms with Gasteiger partial charge < -0.3 is 29.2 Å². The number of epoxide rings is 2. The van der Waals surface area contributed by atoms with Crippen molar-refractivity contribution in [2.24, 2.45) is 0 Å². The lowest BCUT2D eigenvalue weighted by Crippen LogP contribution is -2.18. The topological polar surface area (TPSA) is 135 Å². The second-order valence-electron chi connectivity index (χ2n) is 19.4. The molecular formula is C59H61B4ClO9S3. The minimum absolute atomic E-state index is 0.00199. The molecule has 6 aromatic carbocycles. The average molecular weight is 1090 g/mol. The lowest BCUT2D eigenvalue weighted by atomic mass is 9.53. The predicted molar refractivity (Wildman–Crippen MR) is 326 cm³/mol. The van der Waals surface area contributed by atoms with Gasteiger partial charge in [-0.15, -0.1) is 52.4 Å². The lowest BCUT2D eigenvalue weighted by Gasteiger charge is -2.16. The molecule has 9 nitrogen and oxygen atoms in total. The Kier molecular flexibility index (Phi) is 21.1. The van der Waals surface area contributed by atoms with Crippen molar-refractivity contribution >= 4 is 136 Å². The van der Waals surface area contributed by atoms with Crippen LogP contribution >= 0.6 is 45.6 Å². The molecule has 0 aliphatic carbocycles. The molecule has 2 aliphatic rings. The van der Waals surface area contributed by atoms with Gasteiger partial charge >= 0.3 is 0 Å². The minimum Gasteiger partial charge on any atom is -0.508 e. The highest BCUT2D eigenvalue weighted by Crippen LogP contribution is 2.37. The number of benzene rings is 6. The maximum atomic E-state index is 13.0. The van der Waals surface area contributed by atoms with E-state index in [1.54, 1.807) is 59.0 Å². The zero-order valence-corrected chi connectivity index (χ0v) is 47.2. The van der Waals surface area contributed by atoms with E-state index in [4.69, 9.17) is 46.0 Å². The first-order chi connectivity index (χ1) is 36.6. The van der Waals surface area contributed by atoms with Gasteiger partial charge in [-0.25, -0.2) is 0 Å². The second kappa shape index (κ2) is 27.4. The smallest absolute Gasteiger partial charge is 0.196 e. The van der Waals surface area contributed by atoms with Crippen LogP contribution in [0.2, 0.25) is 13.1 Å². The molecular weight excluding hydrogens is 1030 g/mol. The molecule has 2 fully saturated rings. The van der Waals surface area contributed by atoms with Gasteiger partial charge in [0.25, 0.3) is 0 Å². The normalized spacial score (nSPS) is 14.8. The number of aromatic hydroxyl groups is 1. The number of phenols is 1. The minimum atomic E-state index is -0.584. The molecule has 9 aromatic rings. The number of hydrogen-bond acceptors (Lipinski definition) is 12. The van der Waals surface area contributed by atoms with E-state index in [2.05, 4.69) is 47.6 Å². The fourth-order valence-electron chi connectivity index (χ4n) is 8.25. The van der Waals surface area contributed by atoms with E-state index in [1.807, 2.05) is 84.9 Å².